The fraction of sp³-hybridized carbons (Fsp3) is 0.481. The van der Waals surface area contributed by atoms with Crippen molar-refractivity contribution in [1.29, 1.82) is 0 Å². The Kier molecular flexibility index (Phi) is 10.2. The number of benzene rings is 2. The number of carbonyl (C=O) groups is 2. The Bertz CT molecular complexity index is 1170. The summed E-state index contributed by atoms with van der Waals surface area (Å²) in [4.78, 5) is 28.7. The molecular formula is C27H36ClN3O5S. The van der Waals surface area contributed by atoms with Crippen LogP contribution in [0, 0.1) is 0 Å². The van der Waals surface area contributed by atoms with E-state index in [4.69, 9.17) is 16.3 Å². The van der Waals surface area contributed by atoms with Gasteiger partial charge in [-0.15, -0.1) is 0 Å². The van der Waals surface area contributed by atoms with Crippen molar-refractivity contribution in [2.75, 3.05) is 24.2 Å². The highest BCUT2D eigenvalue weighted by atomic mass is 35.5. The predicted molar refractivity (Wildman–Crippen MR) is 146 cm³/mol. The molecule has 0 heterocycles. The van der Waals surface area contributed by atoms with E-state index in [0.717, 1.165) is 48.2 Å². The van der Waals surface area contributed by atoms with E-state index in [9.17, 15) is 18.0 Å². The minimum absolute atomic E-state index is 0.0886. The van der Waals surface area contributed by atoms with Gasteiger partial charge in [0.1, 0.15) is 18.3 Å². The summed E-state index contributed by atoms with van der Waals surface area (Å²) in [6.45, 7) is 1.53. The Morgan fingerprint density at radius 2 is 1.78 bits per heavy atom. The minimum Gasteiger partial charge on any atom is -0.497 e. The van der Waals surface area contributed by atoms with Gasteiger partial charge >= 0.3 is 0 Å². The van der Waals surface area contributed by atoms with Crippen LogP contribution < -0.4 is 14.4 Å². The molecule has 1 fully saturated rings. The highest BCUT2D eigenvalue weighted by Gasteiger charge is 2.32. The maximum atomic E-state index is 13.8. The monoisotopic (exact) mass is 549 g/mol. The topological polar surface area (TPSA) is 96.0 Å². The number of nitrogens with zero attached hydrogens (tertiary/aromatic N) is 2. The van der Waals surface area contributed by atoms with Gasteiger partial charge in [-0.05, 0) is 61.2 Å². The standard InChI is InChI=1S/C27H36ClN3O5S/c1-4-25(27(33)29-22-10-6-5-7-11-22)30(18-20-9-8-12-24(17-20)36-2)26(32)19-31(37(3,34)35)23-15-13-21(28)14-16-23/h8-9,12-17,22,25H,4-7,10-11,18-19H2,1-3H3,(H,29,33)/t25-/m1/s1. The van der Waals surface area contributed by atoms with Gasteiger partial charge in [0.15, 0.2) is 0 Å². The molecule has 0 aromatic heterocycles. The van der Waals surface area contributed by atoms with Crippen molar-refractivity contribution in [2.24, 2.45) is 0 Å². The third-order valence-electron chi connectivity index (χ3n) is 6.62. The first-order valence-electron chi connectivity index (χ1n) is 12.6. The van der Waals surface area contributed by atoms with Gasteiger partial charge in [0.05, 0.1) is 19.1 Å². The summed E-state index contributed by atoms with van der Waals surface area (Å²) >= 11 is 5.98. The largest absolute Gasteiger partial charge is 0.497 e. The number of nitrogens with one attached hydrogen (secondary N) is 1. The molecule has 0 bridgehead atoms. The molecule has 0 radical (unpaired) electrons. The molecule has 1 aliphatic rings. The molecule has 8 nitrogen and oxygen atoms in total. The fourth-order valence-corrected chi connectivity index (χ4v) is 5.63. The molecule has 202 valence electrons. The second-order valence-electron chi connectivity index (χ2n) is 9.39. The summed E-state index contributed by atoms with van der Waals surface area (Å²) in [5, 5.41) is 3.58. The number of halogens is 1. The number of hydrogen-bond donors (Lipinski definition) is 1. The van der Waals surface area contributed by atoms with Crippen LogP contribution in [0.3, 0.4) is 0 Å². The first kappa shape index (κ1) is 28.8. The van der Waals surface area contributed by atoms with E-state index in [1.54, 1.807) is 43.5 Å². The first-order chi connectivity index (χ1) is 17.6. The Morgan fingerprint density at radius 3 is 2.38 bits per heavy atom. The third kappa shape index (κ3) is 8.10. The molecule has 0 saturated heterocycles. The third-order valence-corrected chi connectivity index (χ3v) is 8.01. The predicted octanol–water partition coefficient (Wildman–Crippen LogP) is 4.37. The summed E-state index contributed by atoms with van der Waals surface area (Å²) in [7, 11) is -2.24. The van der Waals surface area contributed by atoms with E-state index in [2.05, 4.69) is 5.32 Å². The fourth-order valence-electron chi connectivity index (χ4n) is 4.65. The van der Waals surface area contributed by atoms with Gasteiger partial charge in [-0.2, -0.15) is 0 Å². The lowest BCUT2D eigenvalue weighted by molar-refractivity contribution is -0.140. The van der Waals surface area contributed by atoms with Crippen molar-refractivity contribution >= 4 is 39.1 Å². The van der Waals surface area contributed by atoms with Gasteiger partial charge in [0, 0.05) is 17.6 Å². The van der Waals surface area contributed by atoms with Gasteiger partial charge in [-0.3, -0.25) is 13.9 Å². The Labute approximate surface area is 225 Å². The highest BCUT2D eigenvalue weighted by Crippen LogP contribution is 2.23. The molecular weight excluding hydrogens is 514 g/mol. The Hall–Kier alpha value is -2.78. The lowest BCUT2D eigenvalue weighted by atomic mass is 9.95. The first-order valence-corrected chi connectivity index (χ1v) is 14.8. The molecule has 37 heavy (non-hydrogen) atoms. The number of amides is 2. The lowest BCUT2D eigenvalue weighted by Crippen LogP contribution is -2.53. The number of ether oxygens (including phenoxy) is 1. The van der Waals surface area contributed by atoms with Crippen LogP contribution in [0.4, 0.5) is 5.69 Å². The Balaban J connectivity index is 1.92. The molecule has 0 aliphatic heterocycles. The second kappa shape index (κ2) is 13.1. The molecule has 3 rings (SSSR count). The average molecular weight is 550 g/mol. The SMILES string of the molecule is CC[C@H](C(=O)NC1CCCCC1)N(Cc1cccc(OC)c1)C(=O)CN(c1ccc(Cl)cc1)S(C)(=O)=O. The Morgan fingerprint density at radius 1 is 1.11 bits per heavy atom. The molecule has 1 N–H and O–H groups in total. The normalized spacial score (nSPS) is 15.0. The quantitative estimate of drug-likeness (QED) is 0.449. The molecule has 2 aromatic rings. The van der Waals surface area contributed by atoms with E-state index in [-0.39, 0.29) is 18.5 Å². The lowest BCUT2D eigenvalue weighted by Gasteiger charge is -2.34. The summed E-state index contributed by atoms with van der Waals surface area (Å²) in [6.07, 6.45) is 6.57. The number of methoxy groups -OCH3 is 1. The molecule has 0 spiro atoms. The van der Waals surface area contributed by atoms with Crippen molar-refractivity contribution in [2.45, 2.75) is 64.1 Å². The van der Waals surface area contributed by atoms with Crippen LogP contribution in [0.15, 0.2) is 48.5 Å². The number of carbonyl (C=O) groups excluding carboxylic acids is 2. The van der Waals surface area contributed by atoms with Gasteiger partial charge in [0.25, 0.3) is 0 Å². The molecule has 1 saturated carbocycles. The molecule has 1 aliphatic carbocycles. The second-order valence-corrected chi connectivity index (χ2v) is 11.7. The van der Waals surface area contributed by atoms with Crippen LogP contribution in [0.25, 0.3) is 0 Å². The van der Waals surface area contributed by atoms with Gasteiger partial charge in [-0.1, -0.05) is 49.9 Å². The number of sulfonamides is 1. The van der Waals surface area contributed by atoms with Crippen molar-refractivity contribution in [1.82, 2.24) is 10.2 Å². The van der Waals surface area contributed by atoms with E-state index < -0.39 is 28.5 Å². The zero-order valence-corrected chi connectivity index (χ0v) is 23.2. The maximum Gasteiger partial charge on any atom is 0.244 e. The van der Waals surface area contributed by atoms with Gasteiger partial charge in [0.2, 0.25) is 21.8 Å². The average Bonchev–Trinajstić information content (AvgIpc) is 2.87. The summed E-state index contributed by atoms with van der Waals surface area (Å²) in [5.41, 5.74) is 1.09. The maximum absolute atomic E-state index is 13.8. The van der Waals surface area contributed by atoms with E-state index in [0.29, 0.717) is 22.9 Å². The zero-order valence-electron chi connectivity index (χ0n) is 21.7. The highest BCUT2D eigenvalue weighted by molar-refractivity contribution is 7.92. The van der Waals surface area contributed by atoms with Crippen LogP contribution in [0.1, 0.15) is 51.0 Å². The van der Waals surface area contributed by atoms with Crippen LogP contribution >= 0.6 is 11.6 Å². The van der Waals surface area contributed by atoms with E-state index in [1.807, 2.05) is 19.1 Å². The summed E-state index contributed by atoms with van der Waals surface area (Å²) in [5.74, 6) is -0.0691. The van der Waals surface area contributed by atoms with Crippen molar-refractivity contribution in [3.8, 4) is 5.75 Å². The van der Waals surface area contributed by atoms with Gasteiger partial charge in [-0.25, -0.2) is 8.42 Å². The number of hydrogen-bond acceptors (Lipinski definition) is 5. The smallest absolute Gasteiger partial charge is 0.244 e. The molecule has 10 heteroatoms. The molecule has 0 unspecified atom stereocenters. The van der Waals surface area contributed by atoms with Crippen molar-refractivity contribution < 1.29 is 22.7 Å². The van der Waals surface area contributed by atoms with Crippen LogP contribution in [0.2, 0.25) is 5.02 Å². The van der Waals surface area contributed by atoms with Crippen LogP contribution in [-0.4, -0.2) is 57.1 Å². The van der Waals surface area contributed by atoms with Gasteiger partial charge < -0.3 is 15.0 Å². The molecule has 1 atom stereocenters. The van der Waals surface area contributed by atoms with E-state index in [1.165, 1.54) is 4.90 Å². The minimum atomic E-state index is -3.80. The molecule has 2 amide bonds. The zero-order chi connectivity index (χ0) is 27.0. The van der Waals surface area contributed by atoms with Crippen LogP contribution in [-0.2, 0) is 26.2 Å². The summed E-state index contributed by atoms with van der Waals surface area (Å²) in [6, 6.07) is 12.8. The number of rotatable bonds is 11. The van der Waals surface area contributed by atoms with E-state index >= 15 is 0 Å². The number of anilines is 1. The molecule has 2 aromatic carbocycles. The summed E-state index contributed by atoms with van der Waals surface area (Å²) < 4.78 is 31.7. The van der Waals surface area contributed by atoms with Crippen LogP contribution in [0.5, 0.6) is 5.75 Å². The van der Waals surface area contributed by atoms with Crippen molar-refractivity contribution in [3.05, 3.63) is 59.1 Å². The van der Waals surface area contributed by atoms with Crippen molar-refractivity contribution in [3.63, 3.8) is 0 Å².